The lowest BCUT2D eigenvalue weighted by molar-refractivity contribution is -0.146. The molecule has 1 saturated heterocycles. The second-order valence-electron chi connectivity index (χ2n) is 4.97. The van der Waals surface area contributed by atoms with Crippen molar-refractivity contribution in [3.05, 3.63) is 0 Å². The standard InChI is InChI=1S/C11H18N2O4/c14-8(10(16)17)6-13-9(15)7-5-11(7)1-3-12-4-2-11/h7-8,12,14H,1-6H2,(H,13,15)(H,16,17). The van der Waals surface area contributed by atoms with E-state index < -0.39 is 12.1 Å². The summed E-state index contributed by atoms with van der Waals surface area (Å²) >= 11 is 0. The first-order chi connectivity index (χ1) is 8.05. The molecule has 0 radical (unpaired) electrons. The number of carbonyl (C=O) groups is 2. The van der Waals surface area contributed by atoms with Crippen molar-refractivity contribution in [2.45, 2.75) is 25.4 Å². The number of hydrogen-bond donors (Lipinski definition) is 4. The fourth-order valence-electron chi connectivity index (χ4n) is 2.60. The summed E-state index contributed by atoms with van der Waals surface area (Å²) in [7, 11) is 0. The molecule has 2 fully saturated rings. The van der Waals surface area contributed by atoms with E-state index in [4.69, 9.17) is 10.2 Å². The molecule has 1 aliphatic carbocycles. The van der Waals surface area contributed by atoms with Crippen LogP contribution in [-0.4, -0.2) is 47.8 Å². The normalized spacial score (nSPS) is 27.5. The van der Waals surface area contributed by atoms with Crippen molar-refractivity contribution < 1.29 is 19.8 Å². The second kappa shape index (κ2) is 4.62. The SMILES string of the molecule is O=C(O)C(O)CNC(=O)C1CC12CCNCC2. The van der Waals surface area contributed by atoms with Gasteiger partial charge in [-0.25, -0.2) is 4.79 Å². The molecule has 6 heteroatoms. The van der Waals surface area contributed by atoms with Crippen LogP contribution in [-0.2, 0) is 9.59 Å². The van der Waals surface area contributed by atoms with E-state index in [1.807, 2.05) is 0 Å². The highest BCUT2D eigenvalue weighted by Crippen LogP contribution is 2.58. The molecule has 1 amide bonds. The number of carboxylic acid groups (broad SMARTS) is 1. The van der Waals surface area contributed by atoms with E-state index in [1.165, 1.54) is 0 Å². The van der Waals surface area contributed by atoms with Crippen molar-refractivity contribution >= 4 is 11.9 Å². The first-order valence-corrected chi connectivity index (χ1v) is 5.94. The van der Waals surface area contributed by atoms with Gasteiger partial charge >= 0.3 is 5.97 Å². The number of nitrogens with one attached hydrogen (secondary N) is 2. The van der Waals surface area contributed by atoms with Crippen LogP contribution in [0, 0.1) is 11.3 Å². The van der Waals surface area contributed by atoms with Crippen molar-refractivity contribution in [3.8, 4) is 0 Å². The van der Waals surface area contributed by atoms with Crippen LogP contribution >= 0.6 is 0 Å². The van der Waals surface area contributed by atoms with Crippen LogP contribution in [0.5, 0.6) is 0 Å². The molecule has 1 aliphatic heterocycles. The molecule has 2 atom stereocenters. The van der Waals surface area contributed by atoms with Crippen LogP contribution in [0.25, 0.3) is 0 Å². The molecule has 17 heavy (non-hydrogen) atoms. The lowest BCUT2D eigenvalue weighted by Crippen LogP contribution is -2.39. The smallest absolute Gasteiger partial charge is 0.334 e. The number of aliphatic hydroxyl groups is 1. The zero-order valence-electron chi connectivity index (χ0n) is 9.61. The van der Waals surface area contributed by atoms with Gasteiger partial charge in [-0.1, -0.05) is 0 Å². The Morgan fingerprint density at radius 1 is 1.41 bits per heavy atom. The predicted octanol–water partition coefficient (Wildman–Crippen LogP) is -1.06. The third-order valence-electron chi connectivity index (χ3n) is 3.86. The molecule has 0 aromatic heterocycles. The Hall–Kier alpha value is -1.14. The van der Waals surface area contributed by atoms with Crippen molar-refractivity contribution in [2.24, 2.45) is 11.3 Å². The molecular weight excluding hydrogens is 224 g/mol. The van der Waals surface area contributed by atoms with Crippen molar-refractivity contribution in [1.82, 2.24) is 10.6 Å². The van der Waals surface area contributed by atoms with E-state index >= 15 is 0 Å². The summed E-state index contributed by atoms with van der Waals surface area (Å²) in [6, 6.07) is 0. The highest BCUT2D eigenvalue weighted by Gasteiger charge is 2.57. The van der Waals surface area contributed by atoms with Gasteiger partial charge in [-0.3, -0.25) is 4.79 Å². The highest BCUT2D eigenvalue weighted by atomic mass is 16.4. The zero-order valence-corrected chi connectivity index (χ0v) is 9.61. The van der Waals surface area contributed by atoms with Crippen molar-refractivity contribution in [2.75, 3.05) is 19.6 Å². The number of aliphatic hydroxyl groups excluding tert-OH is 1. The summed E-state index contributed by atoms with van der Waals surface area (Å²) in [6.07, 6.45) is 1.39. The van der Waals surface area contributed by atoms with Gasteiger partial charge in [0.2, 0.25) is 5.91 Å². The van der Waals surface area contributed by atoms with Crippen molar-refractivity contribution in [1.29, 1.82) is 0 Å². The molecule has 4 N–H and O–H groups in total. The first-order valence-electron chi connectivity index (χ1n) is 5.94. The minimum Gasteiger partial charge on any atom is -0.479 e. The van der Waals surface area contributed by atoms with E-state index in [0.29, 0.717) is 0 Å². The van der Waals surface area contributed by atoms with Gasteiger partial charge in [0.15, 0.2) is 6.10 Å². The lowest BCUT2D eigenvalue weighted by atomic mass is 9.92. The number of carboxylic acids is 1. The number of hydrogen-bond acceptors (Lipinski definition) is 4. The third-order valence-corrected chi connectivity index (χ3v) is 3.86. The predicted molar refractivity (Wildman–Crippen MR) is 59.3 cm³/mol. The number of carbonyl (C=O) groups excluding carboxylic acids is 1. The van der Waals surface area contributed by atoms with Gasteiger partial charge in [-0.15, -0.1) is 0 Å². The van der Waals surface area contributed by atoms with Crippen LogP contribution in [0.3, 0.4) is 0 Å². The number of aliphatic carboxylic acids is 1. The van der Waals surface area contributed by atoms with Gasteiger partial charge in [0.1, 0.15) is 0 Å². The topological polar surface area (TPSA) is 98.7 Å². The van der Waals surface area contributed by atoms with Crippen LogP contribution < -0.4 is 10.6 Å². The van der Waals surface area contributed by atoms with Crippen LogP contribution in [0.2, 0.25) is 0 Å². The Labute approximate surface area is 99.4 Å². The first kappa shape index (κ1) is 12.3. The van der Waals surface area contributed by atoms with Gasteiger partial charge < -0.3 is 20.8 Å². The molecular formula is C11H18N2O4. The molecule has 1 saturated carbocycles. The Kier molecular flexibility index (Phi) is 3.35. The zero-order chi connectivity index (χ0) is 12.5. The Morgan fingerprint density at radius 3 is 2.65 bits per heavy atom. The maximum absolute atomic E-state index is 11.8. The van der Waals surface area contributed by atoms with E-state index in [2.05, 4.69) is 10.6 Å². The summed E-state index contributed by atoms with van der Waals surface area (Å²) in [5.74, 6) is -1.42. The van der Waals surface area contributed by atoms with Crippen LogP contribution in [0.4, 0.5) is 0 Å². The van der Waals surface area contributed by atoms with E-state index in [-0.39, 0.29) is 23.8 Å². The molecule has 6 nitrogen and oxygen atoms in total. The van der Waals surface area contributed by atoms with Gasteiger partial charge in [-0.2, -0.15) is 0 Å². The Morgan fingerprint density at radius 2 is 2.06 bits per heavy atom. The molecule has 1 heterocycles. The second-order valence-corrected chi connectivity index (χ2v) is 4.97. The van der Waals surface area contributed by atoms with Crippen LogP contribution in [0.1, 0.15) is 19.3 Å². The van der Waals surface area contributed by atoms with Gasteiger partial charge in [0, 0.05) is 5.92 Å². The van der Waals surface area contributed by atoms with E-state index in [1.54, 1.807) is 0 Å². The fraction of sp³-hybridized carbons (Fsp3) is 0.818. The average Bonchev–Trinajstić information content (AvgIpc) is 3.00. The molecule has 96 valence electrons. The fourth-order valence-corrected chi connectivity index (χ4v) is 2.60. The number of rotatable bonds is 4. The van der Waals surface area contributed by atoms with E-state index in [9.17, 15) is 9.59 Å². The Balaban J connectivity index is 1.77. The van der Waals surface area contributed by atoms with Crippen LogP contribution in [0.15, 0.2) is 0 Å². The minimum absolute atomic E-state index is 0.00518. The molecule has 2 unspecified atom stereocenters. The summed E-state index contributed by atoms with van der Waals surface area (Å²) < 4.78 is 0. The maximum Gasteiger partial charge on any atom is 0.334 e. The maximum atomic E-state index is 11.8. The largest absolute Gasteiger partial charge is 0.479 e. The van der Waals surface area contributed by atoms with Gasteiger partial charge in [0.05, 0.1) is 6.54 Å². The van der Waals surface area contributed by atoms with Crippen molar-refractivity contribution in [3.63, 3.8) is 0 Å². The van der Waals surface area contributed by atoms with Gasteiger partial charge in [-0.05, 0) is 37.8 Å². The molecule has 0 aromatic rings. The molecule has 0 aromatic carbocycles. The summed E-state index contributed by atoms with van der Waals surface area (Å²) in [5.41, 5.74) is 0.142. The summed E-state index contributed by atoms with van der Waals surface area (Å²) in [4.78, 5) is 22.2. The summed E-state index contributed by atoms with van der Waals surface area (Å²) in [6.45, 7) is 1.68. The Bertz CT molecular complexity index is 325. The molecule has 1 spiro atoms. The number of piperidine rings is 1. The monoisotopic (exact) mass is 242 g/mol. The lowest BCUT2D eigenvalue weighted by Gasteiger charge is -2.23. The number of amides is 1. The summed E-state index contributed by atoms with van der Waals surface area (Å²) in [5, 5.41) is 23.3. The molecule has 2 aliphatic rings. The molecule has 0 bridgehead atoms. The van der Waals surface area contributed by atoms with Gasteiger partial charge in [0.25, 0.3) is 0 Å². The quantitative estimate of drug-likeness (QED) is 0.503. The highest BCUT2D eigenvalue weighted by molar-refractivity contribution is 5.83. The minimum atomic E-state index is -1.51. The van der Waals surface area contributed by atoms with E-state index in [0.717, 1.165) is 32.4 Å². The third kappa shape index (κ3) is 2.58. The average molecular weight is 242 g/mol. The molecule has 2 rings (SSSR count).